The second-order valence-corrected chi connectivity index (χ2v) is 9.77. The molecule has 2 fully saturated rings. The van der Waals surface area contributed by atoms with E-state index < -0.39 is 0 Å². The van der Waals surface area contributed by atoms with Crippen LogP contribution in [0.4, 0.5) is 0 Å². The van der Waals surface area contributed by atoms with E-state index in [2.05, 4.69) is 108 Å². The molecule has 34 heavy (non-hydrogen) atoms. The van der Waals surface area contributed by atoms with E-state index in [1.165, 1.54) is 33.0 Å². The average molecular weight is 453 g/mol. The lowest BCUT2D eigenvalue weighted by Gasteiger charge is -2.23. The summed E-state index contributed by atoms with van der Waals surface area (Å²) in [5, 5.41) is 2.54. The van der Waals surface area contributed by atoms with Crippen molar-refractivity contribution in [3.05, 3.63) is 82.9 Å². The minimum absolute atomic E-state index is 0.0803. The van der Waals surface area contributed by atoms with Gasteiger partial charge in [-0.2, -0.15) is 0 Å². The van der Waals surface area contributed by atoms with Crippen molar-refractivity contribution >= 4 is 22.7 Å². The predicted octanol–water partition coefficient (Wildman–Crippen LogP) is 3.80. The first kappa shape index (κ1) is 21.0. The topological polar surface area (TPSA) is 37.7 Å². The largest absolute Gasteiger partial charge is 0.344 e. The standard InChI is InChI=1S/C28H32N6/c1-31-15-16-32(2)27(31)29-25-20-11-5-6-12-21(20)26(30-28-33(3)17-18-34(28)4)23-14-8-10-19-9-7-13-22(25)24(19)23/h5-14,25-26H,15-18H2,1-4H3/t25-,26+. The number of nitrogens with zero attached hydrogens (tertiary/aromatic N) is 6. The summed E-state index contributed by atoms with van der Waals surface area (Å²) in [7, 11) is 8.56. The third-order valence-corrected chi connectivity index (χ3v) is 7.54. The van der Waals surface area contributed by atoms with E-state index in [-0.39, 0.29) is 12.1 Å². The van der Waals surface area contributed by atoms with Gasteiger partial charge in [0.25, 0.3) is 0 Å². The molecular formula is C28H32N6. The summed E-state index contributed by atoms with van der Waals surface area (Å²) >= 11 is 0. The summed E-state index contributed by atoms with van der Waals surface area (Å²) in [5.74, 6) is 2.10. The van der Waals surface area contributed by atoms with Crippen molar-refractivity contribution < 1.29 is 0 Å². The first-order valence-corrected chi connectivity index (χ1v) is 12.1. The summed E-state index contributed by atoms with van der Waals surface area (Å²) in [6.07, 6.45) is 0. The predicted molar refractivity (Wildman–Crippen MR) is 139 cm³/mol. The monoisotopic (exact) mass is 452 g/mol. The summed E-state index contributed by atoms with van der Waals surface area (Å²) in [6, 6.07) is 21.9. The Bertz CT molecular complexity index is 1190. The van der Waals surface area contributed by atoms with Crippen LogP contribution in [-0.2, 0) is 0 Å². The molecule has 6 nitrogen and oxygen atoms in total. The Morgan fingerprint density at radius 2 is 0.912 bits per heavy atom. The van der Waals surface area contributed by atoms with Crippen LogP contribution in [0.15, 0.2) is 70.6 Å². The first-order valence-electron chi connectivity index (χ1n) is 12.1. The quantitative estimate of drug-likeness (QED) is 0.593. The molecule has 0 N–H and O–H groups in total. The molecule has 3 aliphatic rings. The lowest BCUT2D eigenvalue weighted by Crippen LogP contribution is -2.29. The van der Waals surface area contributed by atoms with Gasteiger partial charge >= 0.3 is 0 Å². The Labute approximate surface area is 201 Å². The molecule has 2 heterocycles. The van der Waals surface area contributed by atoms with E-state index in [0.29, 0.717) is 0 Å². The van der Waals surface area contributed by atoms with Crippen LogP contribution in [0, 0.1) is 0 Å². The molecule has 2 saturated heterocycles. The second-order valence-electron chi connectivity index (χ2n) is 9.77. The Balaban J connectivity index is 1.65. The molecular weight excluding hydrogens is 420 g/mol. The first-order chi connectivity index (χ1) is 16.5. The SMILES string of the molecule is CN1CCN(C)C1=N[C@@H]1c2ccccc2[C@H](N=C2N(C)CCN2C)c2cccc3cccc1c23. The highest BCUT2D eigenvalue weighted by Gasteiger charge is 2.33. The van der Waals surface area contributed by atoms with E-state index in [1.807, 2.05) is 0 Å². The van der Waals surface area contributed by atoms with Crippen LogP contribution in [0.3, 0.4) is 0 Å². The van der Waals surface area contributed by atoms with E-state index in [4.69, 9.17) is 9.98 Å². The number of likely N-dealkylation sites (N-methyl/N-ethyl adjacent to an activating group) is 4. The molecule has 0 amide bonds. The van der Waals surface area contributed by atoms with Crippen LogP contribution >= 0.6 is 0 Å². The maximum Gasteiger partial charge on any atom is 0.197 e. The van der Waals surface area contributed by atoms with Crippen molar-refractivity contribution in [3.8, 4) is 0 Å². The van der Waals surface area contributed by atoms with Gasteiger partial charge in [0.1, 0.15) is 12.1 Å². The normalized spacial score (nSPS) is 21.9. The van der Waals surface area contributed by atoms with E-state index in [0.717, 1.165) is 38.1 Å². The zero-order valence-electron chi connectivity index (χ0n) is 20.4. The van der Waals surface area contributed by atoms with Gasteiger partial charge in [0.15, 0.2) is 11.9 Å². The van der Waals surface area contributed by atoms with Gasteiger partial charge in [-0.1, -0.05) is 60.7 Å². The zero-order chi connectivity index (χ0) is 23.4. The minimum atomic E-state index is -0.0803. The summed E-state index contributed by atoms with van der Waals surface area (Å²) in [4.78, 5) is 19.9. The fourth-order valence-electron chi connectivity index (χ4n) is 5.69. The van der Waals surface area contributed by atoms with Crippen molar-refractivity contribution in [1.82, 2.24) is 19.6 Å². The van der Waals surface area contributed by atoms with Gasteiger partial charge in [0, 0.05) is 54.4 Å². The molecule has 6 heteroatoms. The van der Waals surface area contributed by atoms with Crippen LogP contribution in [0.5, 0.6) is 0 Å². The van der Waals surface area contributed by atoms with Crippen molar-refractivity contribution in [2.45, 2.75) is 12.1 Å². The number of benzene rings is 3. The smallest absolute Gasteiger partial charge is 0.197 e. The molecule has 2 atom stereocenters. The molecule has 6 rings (SSSR count). The van der Waals surface area contributed by atoms with Gasteiger partial charge < -0.3 is 19.6 Å². The highest BCUT2D eigenvalue weighted by molar-refractivity contribution is 5.93. The Morgan fingerprint density at radius 3 is 1.32 bits per heavy atom. The third kappa shape index (κ3) is 3.23. The van der Waals surface area contributed by atoms with Crippen molar-refractivity contribution in [2.24, 2.45) is 9.98 Å². The number of hydrogen-bond donors (Lipinski definition) is 0. The maximum absolute atomic E-state index is 5.42. The lowest BCUT2D eigenvalue weighted by molar-refractivity contribution is 0.553. The summed E-state index contributed by atoms with van der Waals surface area (Å²) in [6.45, 7) is 4.00. The van der Waals surface area contributed by atoms with Gasteiger partial charge in [-0.3, -0.25) is 0 Å². The van der Waals surface area contributed by atoms with Crippen LogP contribution < -0.4 is 0 Å². The van der Waals surface area contributed by atoms with Gasteiger partial charge in [-0.15, -0.1) is 0 Å². The zero-order valence-corrected chi connectivity index (χ0v) is 20.4. The van der Waals surface area contributed by atoms with Gasteiger partial charge in [0.2, 0.25) is 0 Å². The molecule has 0 unspecified atom stereocenters. The number of rotatable bonds is 2. The molecule has 1 aliphatic carbocycles. The van der Waals surface area contributed by atoms with Crippen LogP contribution in [0.25, 0.3) is 10.8 Å². The molecule has 3 aromatic carbocycles. The Morgan fingerprint density at radius 1 is 0.529 bits per heavy atom. The Hall–Kier alpha value is -3.54. The van der Waals surface area contributed by atoms with Crippen LogP contribution in [-0.4, -0.2) is 85.9 Å². The third-order valence-electron chi connectivity index (χ3n) is 7.54. The number of aliphatic imine (C=N–C) groups is 2. The summed E-state index contributed by atoms with van der Waals surface area (Å²) < 4.78 is 0. The average Bonchev–Trinajstić information content (AvgIpc) is 3.31. The van der Waals surface area contributed by atoms with E-state index in [9.17, 15) is 0 Å². The number of hydrogen-bond acceptors (Lipinski definition) is 2. The van der Waals surface area contributed by atoms with E-state index in [1.54, 1.807) is 0 Å². The van der Waals surface area contributed by atoms with Crippen LogP contribution in [0.2, 0.25) is 0 Å². The fraction of sp³-hybridized carbons (Fsp3) is 0.357. The van der Waals surface area contributed by atoms with Crippen LogP contribution in [0.1, 0.15) is 34.3 Å². The number of fused-ring (bicyclic) bond motifs is 1. The minimum Gasteiger partial charge on any atom is -0.344 e. The molecule has 0 bridgehead atoms. The molecule has 0 saturated carbocycles. The van der Waals surface area contributed by atoms with Crippen molar-refractivity contribution in [2.75, 3.05) is 54.4 Å². The van der Waals surface area contributed by atoms with Gasteiger partial charge in [-0.25, -0.2) is 9.98 Å². The molecule has 0 aromatic heterocycles. The Kier molecular flexibility index (Phi) is 4.97. The van der Waals surface area contributed by atoms with Gasteiger partial charge in [0.05, 0.1) is 0 Å². The number of guanidine groups is 2. The molecule has 174 valence electrons. The second kappa shape index (κ2) is 8.05. The highest BCUT2D eigenvalue weighted by atomic mass is 15.4. The molecule has 0 spiro atoms. The molecule has 2 aliphatic heterocycles. The molecule has 0 radical (unpaired) electrons. The highest BCUT2D eigenvalue weighted by Crippen LogP contribution is 2.45. The lowest BCUT2D eigenvalue weighted by atomic mass is 9.94. The summed E-state index contributed by atoms with van der Waals surface area (Å²) in [5.41, 5.74) is 5.00. The van der Waals surface area contributed by atoms with Gasteiger partial charge in [-0.05, 0) is 33.0 Å². The molecule has 3 aromatic rings. The maximum atomic E-state index is 5.42. The van der Waals surface area contributed by atoms with E-state index >= 15 is 0 Å². The van der Waals surface area contributed by atoms with Crippen molar-refractivity contribution in [1.29, 1.82) is 0 Å². The fourth-order valence-corrected chi connectivity index (χ4v) is 5.69. The van der Waals surface area contributed by atoms with Crippen molar-refractivity contribution in [3.63, 3.8) is 0 Å².